The maximum absolute atomic E-state index is 12.0. The molecule has 5 aliphatic rings. The molecule has 2 nitrogen and oxygen atoms in total. The average Bonchev–Trinajstić information content (AvgIpc) is 3.24. The molecule has 5 rings (SSSR count). The highest BCUT2D eigenvalue weighted by molar-refractivity contribution is 5.92. The van der Waals surface area contributed by atoms with E-state index in [-0.39, 0.29) is 11.5 Å². The molecule has 0 aromatic rings. The van der Waals surface area contributed by atoms with Crippen LogP contribution in [0.5, 0.6) is 0 Å². The van der Waals surface area contributed by atoms with Crippen LogP contribution >= 0.6 is 0 Å². The Bertz CT molecular complexity index is 593. The zero-order chi connectivity index (χ0) is 16.0. The summed E-state index contributed by atoms with van der Waals surface area (Å²) in [5, 5.41) is 0. The van der Waals surface area contributed by atoms with Crippen molar-refractivity contribution >= 4 is 5.78 Å². The van der Waals surface area contributed by atoms with E-state index in [4.69, 9.17) is 4.74 Å². The van der Waals surface area contributed by atoms with Gasteiger partial charge in [-0.2, -0.15) is 0 Å². The Labute approximate surface area is 140 Å². The lowest BCUT2D eigenvalue weighted by molar-refractivity contribution is -0.117. The second-order valence-electron chi connectivity index (χ2n) is 9.52. The summed E-state index contributed by atoms with van der Waals surface area (Å²) in [5.41, 5.74) is 2.16. The van der Waals surface area contributed by atoms with Crippen LogP contribution in [0.15, 0.2) is 11.6 Å². The van der Waals surface area contributed by atoms with Crippen LogP contribution in [0, 0.1) is 34.5 Å². The summed E-state index contributed by atoms with van der Waals surface area (Å²) in [4.78, 5) is 12.0. The fraction of sp³-hybridized carbons (Fsp3) is 0.857. The van der Waals surface area contributed by atoms with Crippen LogP contribution in [0.3, 0.4) is 0 Å². The molecule has 0 bridgehead atoms. The molecule has 2 unspecified atom stereocenters. The lowest BCUT2D eigenvalue weighted by atomic mass is 9.47. The topological polar surface area (TPSA) is 29.6 Å². The first-order valence-electron chi connectivity index (χ1n) is 9.89. The number of carbonyl (C=O) groups is 1. The SMILES string of the molecule is CC[C@H]1CC[C@H]2[C@@H]3C4OC4C4=CC(=O)CC[C@]4(C)[C@H]3CC[C@]12C. The molecular formula is C21H30O2. The molecule has 0 radical (unpaired) electrons. The van der Waals surface area contributed by atoms with E-state index in [1.807, 2.05) is 6.08 Å². The predicted octanol–water partition coefficient (Wildman–Crippen LogP) is 4.53. The largest absolute Gasteiger partial charge is 0.365 e. The smallest absolute Gasteiger partial charge is 0.155 e. The van der Waals surface area contributed by atoms with Gasteiger partial charge < -0.3 is 4.74 Å². The molecule has 2 heteroatoms. The number of carbonyl (C=O) groups excluding carboxylic acids is 1. The third kappa shape index (κ3) is 1.72. The number of epoxide rings is 1. The minimum Gasteiger partial charge on any atom is -0.365 e. The predicted molar refractivity (Wildman–Crippen MR) is 89.9 cm³/mol. The van der Waals surface area contributed by atoms with Gasteiger partial charge in [0, 0.05) is 6.42 Å². The molecule has 126 valence electrons. The van der Waals surface area contributed by atoms with Crippen molar-refractivity contribution in [2.24, 2.45) is 34.5 Å². The summed E-state index contributed by atoms with van der Waals surface area (Å²) in [6.07, 6.45) is 11.4. The van der Waals surface area contributed by atoms with Crippen molar-refractivity contribution in [2.45, 2.75) is 77.9 Å². The molecule has 0 aromatic heterocycles. The molecular weight excluding hydrogens is 284 g/mol. The van der Waals surface area contributed by atoms with Crippen molar-refractivity contribution in [2.75, 3.05) is 0 Å². The van der Waals surface area contributed by atoms with Crippen molar-refractivity contribution < 1.29 is 9.53 Å². The minimum atomic E-state index is 0.238. The van der Waals surface area contributed by atoms with Gasteiger partial charge in [-0.25, -0.2) is 0 Å². The Kier molecular flexibility index (Phi) is 2.88. The summed E-state index contributed by atoms with van der Waals surface area (Å²) in [7, 11) is 0. The number of rotatable bonds is 1. The molecule has 3 saturated carbocycles. The van der Waals surface area contributed by atoms with Crippen molar-refractivity contribution in [1.29, 1.82) is 0 Å². The van der Waals surface area contributed by atoms with Crippen molar-refractivity contribution in [3.63, 3.8) is 0 Å². The summed E-state index contributed by atoms with van der Waals surface area (Å²) in [6.45, 7) is 7.43. The second-order valence-corrected chi connectivity index (χ2v) is 9.52. The summed E-state index contributed by atoms with van der Waals surface area (Å²) in [6, 6.07) is 0. The first-order chi connectivity index (χ1) is 11.0. The van der Waals surface area contributed by atoms with Crippen LogP contribution in [0.25, 0.3) is 0 Å². The van der Waals surface area contributed by atoms with Gasteiger partial charge in [0.05, 0.1) is 6.10 Å². The van der Waals surface area contributed by atoms with Gasteiger partial charge in [-0.1, -0.05) is 27.2 Å². The van der Waals surface area contributed by atoms with Gasteiger partial charge in [-0.3, -0.25) is 4.79 Å². The summed E-state index contributed by atoms with van der Waals surface area (Å²) in [5.74, 6) is 3.61. The molecule has 8 atom stereocenters. The molecule has 0 aromatic carbocycles. The van der Waals surface area contributed by atoms with Crippen LogP contribution in [0.2, 0.25) is 0 Å². The average molecular weight is 314 g/mol. The third-order valence-electron chi connectivity index (χ3n) is 8.92. The van der Waals surface area contributed by atoms with Gasteiger partial charge >= 0.3 is 0 Å². The number of ether oxygens (including phenoxy) is 1. The molecule has 4 fully saturated rings. The van der Waals surface area contributed by atoms with Crippen molar-refractivity contribution in [3.8, 4) is 0 Å². The fourth-order valence-corrected chi connectivity index (χ4v) is 7.59. The number of hydrogen-bond donors (Lipinski definition) is 0. The van der Waals surface area contributed by atoms with Gasteiger partial charge in [-0.05, 0) is 78.3 Å². The van der Waals surface area contributed by atoms with Gasteiger partial charge in [0.2, 0.25) is 0 Å². The number of hydrogen-bond acceptors (Lipinski definition) is 2. The number of fused-ring (bicyclic) bond motifs is 8. The second kappa shape index (κ2) is 4.50. The maximum atomic E-state index is 12.0. The molecule has 1 heterocycles. The van der Waals surface area contributed by atoms with Crippen molar-refractivity contribution in [1.82, 2.24) is 0 Å². The first-order valence-corrected chi connectivity index (χ1v) is 9.89. The molecule has 1 aliphatic heterocycles. The van der Waals surface area contributed by atoms with E-state index in [1.54, 1.807) is 0 Å². The van der Waals surface area contributed by atoms with Crippen LogP contribution in [-0.2, 0) is 9.53 Å². The first kappa shape index (κ1) is 14.7. The Morgan fingerprint density at radius 1 is 1.17 bits per heavy atom. The molecule has 1 saturated heterocycles. The van der Waals surface area contributed by atoms with Crippen LogP contribution in [0.1, 0.15) is 65.7 Å². The Morgan fingerprint density at radius 2 is 2.00 bits per heavy atom. The highest BCUT2D eigenvalue weighted by Gasteiger charge is 2.68. The monoisotopic (exact) mass is 314 g/mol. The number of ketones is 1. The fourth-order valence-electron chi connectivity index (χ4n) is 7.59. The zero-order valence-corrected chi connectivity index (χ0v) is 14.8. The van der Waals surface area contributed by atoms with E-state index in [0.717, 1.165) is 36.5 Å². The lowest BCUT2D eigenvalue weighted by Crippen LogP contribution is -2.53. The molecule has 4 aliphatic carbocycles. The summed E-state index contributed by atoms with van der Waals surface area (Å²) < 4.78 is 6.23. The summed E-state index contributed by atoms with van der Waals surface area (Å²) >= 11 is 0. The molecule has 0 amide bonds. The lowest BCUT2D eigenvalue weighted by Gasteiger charge is -2.56. The van der Waals surface area contributed by atoms with Gasteiger partial charge in [-0.15, -0.1) is 0 Å². The highest BCUT2D eigenvalue weighted by atomic mass is 16.6. The minimum absolute atomic E-state index is 0.238. The van der Waals surface area contributed by atoms with E-state index in [9.17, 15) is 4.79 Å². The van der Waals surface area contributed by atoms with E-state index in [1.165, 1.54) is 37.7 Å². The molecule has 0 spiro atoms. The van der Waals surface area contributed by atoms with E-state index < -0.39 is 0 Å². The standard InChI is InChI=1S/C21H30O2/c1-4-12-5-6-14-17-15(8-10-20(12,14)2)21(3)9-7-13(22)11-16(21)18-19(17)23-18/h11-12,14-15,17-19H,4-10H2,1-3H3/t12-,14-,15-,17-,18?,19?,20+,21+/m0/s1. The van der Waals surface area contributed by atoms with E-state index in [0.29, 0.717) is 17.3 Å². The maximum Gasteiger partial charge on any atom is 0.155 e. The molecule has 23 heavy (non-hydrogen) atoms. The van der Waals surface area contributed by atoms with Gasteiger partial charge in [0.25, 0.3) is 0 Å². The quantitative estimate of drug-likeness (QED) is 0.665. The van der Waals surface area contributed by atoms with Crippen LogP contribution < -0.4 is 0 Å². The third-order valence-corrected chi connectivity index (χ3v) is 8.92. The van der Waals surface area contributed by atoms with Crippen LogP contribution in [0.4, 0.5) is 0 Å². The van der Waals surface area contributed by atoms with Crippen molar-refractivity contribution in [3.05, 3.63) is 11.6 Å². The highest BCUT2D eigenvalue weighted by Crippen LogP contribution is 2.70. The Hall–Kier alpha value is -0.630. The Morgan fingerprint density at radius 3 is 2.78 bits per heavy atom. The molecule has 0 N–H and O–H groups in total. The van der Waals surface area contributed by atoms with Gasteiger partial charge in [0.1, 0.15) is 6.10 Å². The van der Waals surface area contributed by atoms with E-state index in [2.05, 4.69) is 20.8 Å². The zero-order valence-electron chi connectivity index (χ0n) is 14.8. The van der Waals surface area contributed by atoms with Crippen LogP contribution in [-0.4, -0.2) is 18.0 Å². The normalized spacial score (nSPS) is 57.0. The Balaban J connectivity index is 1.55. The van der Waals surface area contributed by atoms with Gasteiger partial charge in [0.15, 0.2) is 5.78 Å². The van der Waals surface area contributed by atoms with E-state index >= 15 is 0 Å².